The van der Waals surface area contributed by atoms with Crippen LogP contribution in [0.2, 0.25) is 0 Å². The lowest BCUT2D eigenvalue weighted by Gasteiger charge is -2.16. The third-order valence-corrected chi connectivity index (χ3v) is 3.47. The van der Waals surface area contributed by atoms with Crippen molar-refractivity contribution in [2.75, 3.05) is 13.4 Å². The van der Waals surface area contributed by atoms with Gasteiger partial charge in [-0.3, -0.25) is 4.79 Å². The molecule has 1 atom stereocenters. The molecule has 0 aliphatic heterocycles. The van der Waals surface area contributed by atoms with Crippen molar-refractivity contribution in [1.29, 1.82) is 0 Å². The second-order valence-corrected chi connectivity index (χ2v) is 6.47. The van der Waals surface area contributed by atoms with E-state index in [0.29, 0.717) is 5.56 Å². The van der Waals surface area contributed by atoms with Gasteiger partial charge in [-0.15, -0.1) is 0 Å². The van der Waals surface area contributed by atoms with E-state index >= 15 is 0 Å². The van der Waals surface area contributed by atoms with Crippen LogP contribution in [0.5, 0.6) is 0 Å². The van der Waals surface area contributed by atoms with E-state index in [1.165, 1.54) is 7.11 Å². The summed E-state index contributed by atoms with van der Waals surface area (Å²) in [6, 6.07) is 6.43. The van der Waals surface area contributed by atoms with E-state index in [4.69, 9.17) is 0 Å². The number of nitrogens with one attached hydrogen (secondary N) is 1. The molecule has 1 N–H and O–H groups in total. The average molecular weight is 336 g/mol. The monoisotopic (exact) mass is 335 g/mol. The number of sulfonamides is 1. The number of benzene rings is 1. The number of rotatable bonds is 5. The van der Waals surface area contributed by atoms with Crippen LogP contribution >= 0.6 is 15.9 Å². The molecule has 0 aliphatic carbocycles. The van der Waals surface area contributed by atoms with Crippen molar-refractivity contribution < 1.29 is 17.9 Å². The number of esters is 1. The smallest absolute Gasteiger partial charge is 0.307 e. The Bertz CT molecular complexity index is 512. The summed E-state index contributed by atoms with van der Waals surface area (Å²) in [5.41, 5.74) is 0.703. The Morgan fingerprint density at radius 3 is 2.39 bits per heavy atom. The Balaban J connectivity index is 2.96. The summed E-state index contributed by atoms with van der Waals surface area (Å²) >= 11 is 3.29. The summed E-state index contributed by atoms with van der Waals surface area (Å²) < 4.78 is 30.4. The van der Waals surface area contributed by atoms with E-state index in [1.807, 2.05) is 0 Å². The zero-order chi connectivity index (χ0) is 13.8. The van der Waals surface area contributed by atoms with Gasteiger partial charge in [0.2, 0.25) is 10.0 Å². The van der Waals surface area contributed by atoms with Gasteiger partial charge in [0.25, 0.3) is 0 Å². The van der Waals surface area contributed by atoms with Crippen LogP contribution in [-0.4, -0.2) is 27.8 Å². The molecule has 1 rings (SSSR count). The third kappa shape index (κ3) is 5.16. The SMILES string of the molecule is COC(=O)CC(NS(C)(=O)=O)c1ccc(Br)cc1. The van der Waals surface area contributed by atoms with Crippen LogP contribution in [0, 0.1) is 0 Å². The van der Waals surface area contributed by atoms with Gasteiger partial charge < -0.3 is 4.74 Å². The van der Waals surface area contributed by atoms with Crippen molar-refractivity contribution in [1.82, 2.24) is 4.72 Å². The fourth-order valence-electron chi connectivity index (χ4n) is 1.43. The lowest BCUT2D eigenvalue weighted by Crippen LogP contribution is -2.29. The molecule has 1 aromatic carbocycles. The maximum atomic E-state index is 11.3. The van der Waals surface area contributed by atoms with Crippen molar-refractivity contribution in [3.05, 3.63) is 34.3 Å². The minimum atomic E-state index is -3.40. The Morgan fingerprint density at radius 2 is 1.94 bits per heavy atom. The number of hydrogen-bond acceptors (Lipinski definition) is 4. The number of ether oxygens (including phenoxy) is 1. The molecule has 0 aromatic heterocycles. The van der Waals surface area contributed by atoms with E-state index < -0.39 is 22.0 Å². The first-order chi connectivity index (χ1) is 8.31. The molecule has 0 spiro atoms. The fraction of sp³-hybridized carbons (Fsp3) is 0.364. The molecule has 18 heavy (non-hydrogen) atoms. The van der Waals surface area contributed by atoms with Crippen molar-refractivity contribution in [2.24, 2.45) is 0 Å². The van der Waals surface area contributed by atoms with Crippen molar-refractivity contribution in [2.45, 2.75) is 12.5 Å². The van der Waals surface area contributed by atoms with Gasteiger partial charge in [0.05, 0.1) is 25.8 Å². The number of methoxy groups -OCH3 is 1. The van der Waals surface area contributed by atoms with Crippen LogP contribution in [0.4, 0.5) is 0 Å². The number of carbonyl (C=O) groups excluding carboxylic acids is 1. The molecular weight excluding hydrogens is 322 g/mol. The molecule has 1 unspecified atom stereocenters. The van der Waals surface area contributed by atoms with Gasteiger partial charge in [-0.25, -0.2) is 13.1 Å². The summed E-state index contributed by atoms with van der Waals surface area (Å²) in [7, 11) is -2.14. The Labute approximate surface area is 115 Å². The molecule has 0 saturated carbocycles. The van der Waals surface area contributed by atoms with Gasteiger partial charge in [0, 0.05) is 4.47 Å². The van der Waals surface area contributed by atoms with Gasteiger partial charge in [-0.05, 0) is 17.7 Å². The highest BCUT2D eigenvalue weighted by Gasteiger charge is 2.19. The predicted molar refractivity (Wildman–Crippen MR) is 71.5 cm³/mol. The summed E-state index contributed by atoms with van der Waals surface area (Å²) in [5, 5.41) is 0. The second-order valence-electron chi connectivity index (χ2n) is 3.77. The first kappa shape index (κ1) is 15.1. The van der Waals surface area contributed by atoms with E-state index in [1.54, 1.807) is 24.3 Å². The summed E-state index contributed by atoms with van der Waals surface area (Å²) in [4.78, 5) is 11.3. The minimum Gasteiger partial charge on any atom is -0.469 e. The molecule has 1 aromatic rings. The summed E-state index contributed by atoms with van der Waals surface area (Å²) in [6.45, 7) is 0. The van der Waals surface area contributed by atoms with E-state index in [-0.39, 0.29) is 6.42 Å². The average Bonchev–Trinajstić information content (AvgIpc) is 2.27. The molecule has 100 valence electrons. The van der Waals surface area contributed by atoms with Crippen LogP contribution in [0.15, 0.2) is 28.7 Å². The highest BCUT2D eigenvalue weighted by atomic mass is 79.9. The Kier molecular flexibility index (Phi) is 5.30. The summed E-state index contributed by atoms with van der Waals surface area (Å²) in [6.07, 6.45) is 1.00. The van der Waals surface area contributed by atoms with Crippen LogP contribution in [0.3, 0.4) is 0 Å². The van der Waals surface area contributed by atoms with Crippen LogP contribution < -0.4 is 4.72 Å². The van der Waals surface area contributed by atoms with Gasteiger partial charge in [0.15, 0.2) is 0 Å². The van der Waals surface area contributed by atoms with Crippen LogP contribution in [-0.2, 0) is 19.6 Å². The highest BCUT2D eigenvalue weighted by molar-refractivity contribution is 9.10. The molecule has 0 amide bonds. The predicted octanol–water partition coefficient (Wildman–Crippen LogP) is 1.60. The molecule has 0 fully saturated rings. The molecule has 0 heterocycles. The molecule has 0 bridgehead atoms. The number of carbonyl (C=O) groups is 1. The Hall–Kier alpha value is -0.920. The number of hydrogen-bond donors (Lipinski definition) is 1. The largest absolute Gasteiger partial charge is 0.469 e. The second kappa shape index (κ2) is 6.31. The van der Waals surface area contributed by atoms with Crippen molar-refractivity contribution in [3.8, 4) is 0 Å². The first-order valence-corrected chi connectivity index (χ1v) is 7.80. The zero-order valence-corrected chi connectivity index (χ0v) is 12.4. The Morgan fingerprint density at radius 1 is 1.39 bits per heavy atom. The lowest BCUT2D eigenvalue weighted by molar-refractivity contribution is -0.141. The van der Waals surface area contributed by atoms with Gasteiger partial charge in [-0.1, -0.05) is 28.1 Å². The molecular formula is C11H14BrNO4S. The molecule has 0 radical (unpaired) electrons. The molecule has 0 aliphatic rings. The summed E-state index contributed by atoms with van der Waals surface area (Å²) in [5.74, 6) is -0.473. The van der Waals surface area contributed by atoms with Gasteiger partial charge in [0.1, 0.15) is 0 Å². The van der Waals surface area contributed by atoms with Gasteiger partial charge in [-0.2, -0.15) is 0 Å². The van der Waals surface area contributed by atoms with Crippen LogP contribution in [0.1, 0.15) is 18.0 Å². The van der Waals surface area contributed by atoms with Gasteiger partial charge >= 0.3 is 5.97 Å². The fourth-order valence-corrected chi connectivity index (χ4v) is 2.43. The maximum absolute atomic E-state index is 11.3. The van der Waals surface area contributed by atoms with Crippen LogP contribution in [0.25, 0.3) is 0 Å². The maximum Gasteiger partial charge on any atom is 0.307 e. The normalized spacial score (nSPS) is 13.1. The molecule has 5 nitrogen and oxygen atoms in total. The quantitative estimate of drug-likeness (QED) is 0.829. The first-order valence-electron chi connectivity index (χ1n) is 5.11. The van der Waals surface area contributed by atoms with E-state index in [2.05, 4.69) is 25.4 Å². The molecule has 0 saturated heterocycles. The van der Waals surface area contributed by atoms with Crippen molar-refractivity contribution >= 4 is 31.9 Å². The zero-order valence-electron chi connectivity index (χ0n) is 10.0. The van der Waals surface area contributed by atoms with Crippen molar-refractivity contribution in [3.63, 3.8) is 0 Å². The molecule has 7 heteroatoms. The minimum absolute atomic E-state index is 0.0504. The lowest BCUT2D eigenvalue weighted by atomic mass is 10.1. The third-order valence-electron chi connectivity index (χ3n) is 2.23. The number of halogens is 1. The topological polar surface area (TPSA) is 72.5 Å². The van der Waals surface area contributed by atoms with E-state index in [9.17, 15) is 13.2 Å². The standard InChI is InChI=1S/C11H14BrNO4S/c1-17-11(14)7-10(13-18(2,15)16)8-3-5-9(12)6-4-8/h3-6,10,13H,7H2,1-2H3. The van der Waals surface area contributed by atoms with E-state index in [0.717, 1.165) is 10.7 Å². The highest BCUT2D eigenvalue weighted by Crippen LogP contribution is 2.20.